The monoisotopic (exact) mass is 339 g/mol. The van der Waals surface area contributed by atoms with Crippen molar-refractivity contribution in [3.8, 4) is 0 Å². The van der Waals surface area contributed by atoms with Crippen LogP contribution in [-0.2, 0) is 11.3 Å². The maximum Gasteiger partial charge on any atom is 0.223 e. The third-order valence-corrected chi connectivity index (χ3v) is 4.86. The number of carbonyl (C=O) groups is 1. The summed E-state index contributed by atoms with van der Waals surface area (Å²) in [7, 11) is 1.85. The number of nitrogens with zero attached hydrogens (tertiary/aromatic N) is 3. The first kappa shape index (κ1) is 15.2. The van der Waals surface area contributed by atoms with E-state index in [-0.39, 0.29) is 11.8 Å². The van der Waals surface area contributed by atoms with E-state index in [1.165, 1.54) is 0 Å². The van der Waals surface area contributed by atoms with Gasteiger partial charge in [0.25, 0.3) is 0 Å². The van der Waals surface area contributed by atoms with Crippen molar-refractivity contribution in [2.24, 2.45) is 0 Å². The van der Waals surface area contributed by atoms with Gasteiger partial charge >= 0.3 is 0 Å². The van der Waals surface area contributed by atoms with E-state index in [0.717, 1.165) is 34.0 Å². The predicted molar refractivity (Wildman–Crippen MR) is 95.3 cm³/mol. The Morgan fingerprint density at radius 3 is 2.79 bits per heavy atom. The number of aromatic nitrogens is 2. The van der Waals surface area contributed by atoms with Crippen LogP contribution in [0.25, 0.3) is 11.0 Å². The number of amides is 1. The quantitative estimate of drug-likeness (QED) is 0.730. The van der Waals surface area contributed by atoms with E-state index < -0.39 is 0 Å². The Morgan fingerprint density at radius 1 is 1.21 bits per heavy atom. The molecular weight excluding hydrogens is 322 g/mol. The summed E-state index contributed by atoms with van der Waals surface area (Å²) >= 11 is 6.13. The summed E-state index contributed by atoms with van der Waals surface area (Å²) in [6.07, 6.45) is 0.523. The molecule has 2 aromatic carbocycles. The Kier molecular flexibility index (Phi) is 3.77. The molecular formula is C19H18ClN3O. The summed E-state index contributed by atoms with van der Waals surface area (Å²) in [4.78, 5) is 18.6. The van der Waals surface area contributed by atoms with Crippen LogP contribution < -0.4 is 0 Å². The first-order valence-corrected chi connectivity index (χ1v) is 8.43. The minimum Gasteiger partial charge on any atom is -0.345 e. The maximum atomic E-state index is 12.0. The second kappa shape index (κ2) is 5.95. The van der Waals surface area contributed by atoms with Crippen LogP contribution in [0.2, 0.25) is 5.02 Å². The van der Waals surface area contributed by atoms with Gasteiger partial charge in [0.2, 0.25) is 5.91 Å². The second-order valence-corrected chi connectivity index (χ2v) is 6.79. The number of likely N-dealkylation sites (N-methyl/N-ethyl adjacent to an activating group) is 1. The molecule has 3 aromatic rings. The smallest absolute Gasteiger partial charge is 0.223 e. The number of imidazole rings is 1. The largest absolute Gasteiger partial charge is 0.345 e. The van der Waals surface area contributed by atoms with Crippen molar-refractivity contribution >= 4 is 28.5 Å². The van der Waals surface area contributed by atoms with E-state index in [9.17, 15) is 4.79 Å². The minimum atomic E-state index is 0.133. The fourth-order valence-electron chi connectivity index (χ4n) is 3.43. The van der Waals surface area contributed by atoms with Gasteiger partial charge < -0.3 is 9.47 Å². The highest BCUT2D eigenvalue weighted by atomic mass is 35.5. The van der Waals surface area contributed by atoms with E-state index >= 15 is 0 Å². The molecule has 1 fully saturated rings. The summed E-state index contributed by atoms with van der Waals surface area (Å²) in [5.74, 6) is 1.30. The van der Waals surface area contributed by atoms with Crippen LogP contribution in [0.5, 0.6) is 0 Å². The standard InChI is InChI=1S/C19H18ClN3O/c1-22-12-14(10-18(22)24)19-21-16-7-2-3-8-17(16)23(19)11-13-5-4-6-15(20)9-13/h2-9,14H,10-12H2,1H3. The lowest BCUT2D eigenvalue weighted by molar-refractivity contribution is -0.126. The Hall–Kier alpha value is -2.33. The third kappa shape index (κ3) is 2.67. The summed E-state index contributed by atoms with van der Waals surface area (Å²) in [5, 5.41) is 0.731. The van der Waals surface area contributed by atoms with Gasteiger partial charge in [-0.25, -0.2) is 4.98 Å². The van der Waals surface area contributed by atoms with Crippen LogP contribution in [0.15, 0.2) is 48.5 Å². The van der Waals surface area contributed by atoms with Gasteiger partial charge in [0, 0.05) is 37.5 Å². The third-order valence-electron chi connectivity index (χ3n) is 4.62. The molecule has 5 heteroatoms. The zero-order valence-corrected chi connectivity index (χ0v) is 14.2. The number of rotatable bonds is 3. The molecule has 1 aliphatic rings. The average molecular weight is 340 g/mol. The van der Waals surface area contributed by atoms with Crippen LogP contribution >= 0.6 is 11.6 Å². The molecule has 0 N–H and O–H groups in total. The normalized spacial score (nSPS) is 17.8. The summed E-state index contributed by atoms with van der Waals surface area (Å²) in [6, 6.07) is 16.0. The SMILES string of the molecule is CN1CC(c2nc3ccccc3n2Cc2cccc(Cl)c2)CC1=O. The van der Waals surface area contributed by atoms with Crippen molar-refractivity contribution in [1.82, 2.24) is 14.5 Å². The molecule has 24 heavy (non-hydrogen) atoms. The Balaban J connectivity index is 1.80. The summed E-state index contributed by atoms with van der Waals surface area (Å²) < 4.78 is 2.22. The predicted octanol–water partition coefficient (Wildman–Crippen LogP) is 3.68. The molecule has 4 nitrogen and oxygen atoms in total. The highest BCUT2D eigenvalue weighted by Gasteiger charge is 2.31. The Labute approximate surface area is 145 Å². The molecule has 0 saturated carbocycles. The van der Waals surface area contributed by atoms with Crippen LogP contribution in [0.4, 0.5) is 0 Å². The van der Waals surface area contributed by atoms with Crippen LogP contribution in [0.1, 0.15) is 23.7 Å². The number of fused-ring (bicyclic) bond motifs is 1. The van der Waals surface area contributed by atoms with Gasteiger partial charge in [-0.2, -0.15) is 0 Å². The zero-order valence-electron chi connectivity index (χ0n) is 13.4. The number of hydrogen-bond donors (Lipinski definition) is 0. The van der Waals surface area contributed by atoms with Crippen molar-refractivity contribution < 1.29 is 4.79 Å². The molecule has 4 rings (SSSR count). The first-order chi connectivity index (χ1) is 11.6. The molecule has 1 unspecified atom stereocenters. The van der Waals surface area contributed by atoms with Crippen molar-refractivity contribution in [3.63, 3.8) is 0 Å². The lowest BCUT2D eigenvalue weighted by Crippen LogP contribution is -2.19. The van der Waals surface area contributed by atoms with Crippen molar-refractivity contribution in [3.05, 3.63) is 64.9 Å². The second-order valence-electron chi connectivity index (χ2n) is 6.35. The van der Waals surface area contributed by atoms with E-state index in [2.05, 4.69) is 16.7 Å². The topological polar surface area (TPSA) is 38.1 Å². The molecule has 1 aromatic heterocycles. The fraction of sp³-hybridized carbons (Fsp3) is 0.263. The molecule has 0 aliphatic carbocycles. The first-order valence-electron chi connectivity index (χ1n) is 8.05. The van der Waals surface area contributed by atoms with Gasteiger partial charge in [-0.15, -0.1) is 0 Å². The molecule has 122 valence electrons. The Morgan fingerprint density at radius 2 is 2.04 bits per heavy atom. The minimum absolute atomic E-state index is 0.133. The highest BCUT2D eigenvalue weighted by molar-refractivity contribution is 6.30. The van der Waals surface area contributed by atoms with E-state index in [0.29, 0.717) is 13.0 Å². The van der Waals surface area contributed by atoms with Crippen molar-refractivity contribution in [2.75, 3.05) is 13.6 Å². The van der Waals surface area contributed by atoms with Gasteiger partial charge in [-0.3, -0.25) is 4.79 Å². The van der Waals surface area contributed by atoms with E-state index in [4.69, 9.17) is 16.6 Å². The molecule has 0 bridgehead atoms. The van der Waals surface area contributed by atoms with Crippen molar-refractivity contribution in [1.29, 1.82) is 0 Å². The fourth-order valence-corrected chi connectivity index (χ4v) is 3.64. The number of carbonyl (C=O) groups excluding carboxylic acids is 1. The van der Waals surface area contributed by atoms with Gasteiger partial charge in [0.1, 0.15) is 5.82 Å². The summed E-state index contributed by atoms with van der Waals surface area (Å²) in [6.45, 7) is 1.42. The molecule has 0 radical (unpaired) electrons. The van der Waals surface area contributed by atoms with Crippen LogP contribution in [0.3, 0.4) is 0 Å². The number of halogens is 1. The number of benzene rings is 2. The van der Waals surface area contributed by atoms with E-state index in [1.807, 2.05) is 43.4 Å². The average Bonchev–Trinajstić information content (AvgIpc) is 3.09. The van der Waals surface area contributed by atoms with Crippen LogP contribution in [-0.4, -0.2) is 34.0 Å². The molecule has 1 saturated heterocycles. The number of para-hydroxylation sites is 2. The van der Waals surface area contributed by atoms with Gasteiger partial charge in [0.15, 0.2) is 0 Å². The zero-order chi connectivity index (χ0) is 16.7. The summed E-state index contributed by atoms with van der Waals surface area (Å²) in [5.41, 5.74) is 3.19. The molecule has 0 spiro atoms. The van der Waals surface area contributed by atoms with Crippen molar-refractivity contribution in [2.45, 2.75) is 18.9 Å². The van der Waals surface area contributed by atoms with Crippen LogP contribution in [0, 0.1) is 0 Å². The van der Waals surface area contributed by atoms with E-state index in [1.54, 1.807) is 4.90 Å². The molecule has 1 atom stereocenters. The number of likely N-dealkylation sites (tertiary alicyclic amines) is 1. The Bertz CT molecular complexity index is 918. The maximum absolute atomic E-state index is 12.0. The highest BCUT2D eigenvalue weighted by Crippen LogP contribution is 2.30. The van der Waals surface area contributed by atoms with Gasteiger partial charge in [-0.1, -0.05) is 35.9 Å². The molecule has 1 amide bonds. The molecule has 1 aliphatic heterocycles. The lowest BCUT2D eigenvalue weighted by Gasteiger charge is -2.14. The van der Waals surface area contributed by atoms with Gasteiger partial charge in [-0.05, 0) is 29.8 Å². The van der Waals surface area contributed by atoms with Gasteiger partial charge in [0.05, 0.1) is 11.0 Å². The molecule has 2 heterocycles. The lowest BCUT2D eigenvalue weighted by atomic mass is 10.1. The number of hydrogen-bond acceptors (Lipinski definition) is 2.